The first-order valence-electron chi connectivity index (χ1n) is 6.98. The van der Waals surface area contributed by atoms with Crippen LogP contribution in [0, 0.1) is 5.41 Å². The summed E-state index contributed by atoms with van der Waals surface area (Å²) in [5.74, 6) is -0.487. The van der Waals surface area contributed by atoms with Crippen molar-refractivity contribution in [1.29, 1.82) is 0 Å². The molecule has 0 spiro atoms. The number of fused-ring (bicyclic) bond motifs is 3. The molecule has 0 unspecified atom stereocenters. The first-order chi connectivity index (χ1) is 9.08. The molecular formula is C14H22O5. The van der Waals surface area contributed by atoms with Crippen molar-refractivity contribution in [1.82, 2.24) is 0 Å². The molecule has 108 valence electrons. The van der Waals surface area contributed by atoms with Gasteiger partial charge in [-0.1, -0.05) is 13.3 Å². The van der Waals surface area contributed by atoms with E-state index < -0.39 is 11.0 Å². The molecule has 0 amide bonds. The van der Waals surface area contributed by atoms with Crippen molar-refractivity contribution in [3.05, 3.63) is 0 Å². The van der Waals surface area contributed by atoms with Gasteiger partial charge in [0.15, 0.2) is 5.60 Å². The van der Waals surface area contributed by atoms with E-state index in [1.807, 2.05) is 0 Å². The van der Waals surface area contributed by atoms with Crippen LogP contribution in [0.1, 0.15) is 45.4 Å². The maximum atomic E-state index is 12.2. The molecular weight excluding hydrogens is 248 g/mol. The normalized spacial score (nSPS) is 32.9. The van der Waals surface area contributed by atoms with Crippen LogP contribution in [0.25, 0.3) is 0 Å². The molecule has 5 nitrogen and oxygen atoms in total. The monoisotopic (exact) mass is 270 g/mol. The Labute approximate surface area is 113 Å². The van der Waals surface area contributed by atoms with Crippen molar-refractivity contribution >= 4 is 11.9 Å². The molecule has 0 aromatic heterocycles. The van der Waals surface area contributed by atoms with Gasteiger partial charge in [-0.15, -0.1) is 0 Å². The lowest BCUT2D eigenvalue weighted by atomic mass is 9.66. The maximum absolute atomic E-state index is 12.2. The molecule has 19 heavy (non-hydrogen) atoms. The third-order valence-corrected chi connectivity index (χ3v) is 4.36. The molecule has 0 radical (unpaired) electrons. The molecule has 0 N–H and O–H groups in total. The topological polar surface area (TPSA) is 61.8 Å². The Kier molecular flexibility index (Phi) is 4.13. The van der Waals surface area contributed by atoms with E-state index in [4.69, 9.17) is 14.2 Å². The molecule has 0 aromatic carbocycles. The summed E-state index contributed by atoms with van der Waals surface area (Å²) in [5.41, 5.74) is -1.36. The van der Waals surface area contributed by atoms with Gasteiger partial charge >= 0.3 is 11.9 Å². The highest BCUT2D eigenvalue weighted by Gasteiger charge is 2.58. The van der Waals surface area contributed by atoms with Crippen LogP contribution in [-0.4, -0.2) is 37.9 Å². The minimum atomic E-state index is -0.819. The van der Waals surface area contributed by atoms with Crippen molar-refractivity contribution in [2.24, 2.45) is 5.41 Å². The van der Waals surface area contributed by atoms with Gasteiger partial charge in [0.25, 0.3) is 0 Å². The zero-order chi connectivity index (χ0) is 13.9. The highest BCUT2D eigenvalue weighted by Crippen LogP contribution is 2.49. The summed E-state index contributed by atoms with van der Waals surface area (Å²) in [6.07, 6.45) is 4.27. The number of hydrogen-bond donors (Lipinski definition) is 0. The fourth-order valence-electron chi connectivity index (χ4n) is 2.87. The van der Waals surface area contributed by atoms with Crippen LogP contribution in [0.3, 0.4) is 0 Å². The Hall–Kier alpha value is -1.10. The van der Waals surface area contributed by atoms with Crippen molar-refractivity contribution in [3.8, 4) is 0 Å². The van der Waals surface area contributed by atoms with Gasteiger partial charge in [0.2, 0.25) is 0 Å². The molecule has 2 bridgehead atoms. The molecule has 1 saturated carbocycles. The third-order valence-electron chi connectivity index (χ3n) is 4.36. The first-order valence-corrected chi connectivity index (χ1v) is 6.98. The summed E-state index contributed by atoms with van der Waals surface area (Å²) in [5, 5.41) is 0. The van der Waals surface area contributed by atoms with Crippen LogP contribution in [0.5, 0.6) is 0 Å². The van der Waals surface area contributed by atoms with E-state index in [-0.39, 0.29) is 18.5 Å². The summed E-state index contributed by atoms with van der Waals surface area (Å²) >= 11 is 0. The number of carbonyl (C=O) groups excluding carboxylic acids is 2. The number of unbranched alkanes of at least 4 members (excludes halogenated alkanes) is 1. The number of ether oxygens (including phenoxy) is 3. The Morgan fingerprint density at radius 3 is 2.32 bits per heavy atom. The molecule has 2 aliphatic heterocycles. The predicted octanol–water partition coefficient (Wildman–Crippen LogP) is 1.83. The summed E-state index contributed by atoms with van der Waals surface area (Å²) < 4.78 is 15.8. The van der Waals surface area contributed by atoms with Crippen LogP contribution in [-0.2, 0) is 23.8 Å². The molecule has 3 rings (SSSR count). The van der Waals surface area contributed by atoms with Crippen molar-refractivity contribution in [2.75, 3.05) is 20.3 Å². The fourth-order valence-corrected chi connectivity index (χ4v) is 2.87. The lowest BCUT2D eigenvalue weighted by molar-refractivity contribution is -0.218. The highest BCUT2D eigenvalue weighted by atomic mass is 16.6. The second-order valence-electron chi connectivity index (χ2n) is 5.54. The van der Waals surface area contributed by atoms with Crippen molar-refractivity contribution < 1.29 is 23.8 Å². The lowest BCUT2D eigenvalue weighted by Gasteiger charge is -2.49. The average Bonchev–Trinajstić information content (AvgIpc) is 2.48. The molecule has 5 heteroatoms. The first kappa shape index (κ1) is 14.3. The number of carbonyl (C=O) groups is 2. The second kappa shape index (κ2) is 5.49. The zero-order valence-corrected chi connectivity index (χ0v) is 11.7. The van der Waals surface area contributed by atoms with E-state index >= 15 is 0 Å². The molecule has 0 aromatic rings. The number of methoxy groups -OCH3 is 1. The number of esters is 2. The minimum Gasteiger partial charge on any atom is -0.467 e. The Bertz CT molecular complexity index is 338. The molecule has 1 aliphatic carbocycles. The SMILES string of the molecule is CCCCOC(=O)C12CCC(C(=O)OC)(CC1)OC2. The van der Waals surface area contributed by atoms with E-state index in [9.17, 15) is 9.59 Å². The standard InChI is InChI=1S/C14H22O5/c1-3-4-9-18-11(15)13-5-7-14(8-6-13,19-10-13)12(16)17-2/h3-10H2,1-2H3. The second-order valence-corrected chi connectivity index (χ2v) is 5.54. The molecule has 0 atom stereocenters. The highest BCUT2D eigenvalue weighted by molar-refractivity contribution is 5.83. The van der Waals surface area contributed by atoms with Crippen LogP contribution >= 0.6 is 0 Å². The van der Waals surface area contributed by atoms with E-state index in [1.165, 1.54) is 7.11 Å². The van der Waals surface area contributed by atoms with Gasteiger partial charge in [0.1, 0.15) is 0 Å². The predicted molar refractivity (Wildman–Crippen MR) is 67.5 cm³/mol. The summed E-state index contributed by atoms with van der Waals surface area (Å²) in [6, 6.07) is 0. The largest absolute Gasteiger partial charge is 0.467 e. The van der Waals surface area contributed by atoms with Crippen LogP contribution in [0.15, 0.2) is 0 Å². The van der Waals surface area contributed by atoms with Crippen LogP contribution < -0.4 is 0 Å². The van der Waals surface area contributed by atoms with E-state index in [2.05, 4.69) is 6.92 Å². The van der Waals surface area contributed by atoms with E-state index in [1.54, 1.807) is 0 Å². The van der Waals surface area contributed by atoms with Crippen LogP contribution in [0.4, 0.5) is 0 Å². The van der Waals surface area contributed by atoms with Gasteiger partial charge < -0.3 is 14.2 Å². The summed E-state index contributed by atoms with van der Waals surface area (Å²) in [6.45, 7) is 2.80. The molecule has 2 saturated heterocycles. The smallest absolute Gasteiger partial charge is 0.338 e. The average molecular weight is 270 g/mol. The lowest BCUT2D eigenvalue weighted by Crippen LogP contribution is -2.58. The van der Waals surface area contributed by atoms with E-state index in [0.717, 1.165) is 12.8 Å². The Balaban J connectivity index is 1.96. The quantitative estimate of drug-likeness (QED) is 0.563. The van der Waals surface area contributed by atoms with Crippen molar-refractivity contribution in [2.45, 2.75) is 51.0 Å². The molecule has 2 heterocycles. The molecule has 3 aliphatic rings. The molecule has 3 fully saturated rings. The minimum absolute atomic E-state index is 0.167. The Morgan fingerprint density at radius 1 is 1.16 bits per heavy atom. The number of hydrogen-bond acceptors (Lipinski definition) is 5. The van der Waals surface area contributed by atoms with Crippen LogP contribution in [0.2, 0.25) is 0 Å². The third kappa shape index (κ3) is 2.48. The van der Waals surface area contributed by atoms with Gasteiger partial charge in [-0.25, -0.2) is 4.79 Å². The van der Waals surface area contributed by atoms with Gasteiger partial charge in [-0.3, -0.25) is 4.79 Å². The number of rotatable bonds is 5. The van der Waals surface area contributed by atoms with Crippen molar-refractivity contribution in [3.63, 3.8) is 0 Å². The van der Waals surface area contributed by atoms with Gasteiger partial charge in [-0.2, -0.15) is 0 Å². The van der Waals surface area contributed by atoms with E-state index in [0.29, 0.717) is 32.3 Å². The summed E-state index contributed by atoms with van der Waals surface area (Å²) in [7, 11) is 1.37. The summed E-state index contributed by atoms with van der Waals surface area (Å²) in [4.78, 5) is 23.9. The van der Waals surface area contributed by atoms with Gasteiger partial charge in [-0.05, 0) is 32.1 Å². The Morgan fingerprint density at radius 2 is 1.84 bits per heavy atom. The van der Waals surface area contributed by atoms with Gasteiger partial charge in [0.05, 0.1) is 25.7 Å². The fraction of sp³-hybridized carbons (Fsp3) is 0.857. The van der Waals surface area contributed by atoms with Gasteiger partial charge in [0, 0.05) is 0 Å². The maximum Gasteiger partial charge on any atom is 0.338 e. The zero-order valence-electron chi connectivity index (χ0n) is 11.7.